The van der Waals surface area contributed by atoms with Crippen molar-refractivity contribution in [1.82, 2.24) is 24.7 Å². The van der Waals surface area contributed by atoms with E-state index < -0.39 is 17.6 Å². The average Bonchev–Trinajstić information content (AvgIpc) is 3.04. The molecule has 12 heteroatoms. The highest BCUT2D eigenvalue weighted by molar-refractivity contribution is 5.89. The summed E-state index contributed by atoms with van der Waals surface area (Å²) in [6.07, 6.45) is 0.605. The number of nitrogens with one attached hydrogen (secondary N) is 2. The maximum atomic E-state index is 12.6. The Hall–Kier alpha value is -3.96. The molecule has 3 aromatic heterocycles. The molecule has 0 radical (unpaired) electrons. The summed E-state index contributed by atoms with van der Waals surface area (Å²) in [7, 11) is 2.64. The highest BCUT2D eigenvalue weighted by Gasteiger charge is 2.18. The van der Waals surface area contributed by atoms with Gasteiger partial charge < -0.3 is 14.2 Å². The molecule has 3 aromatic rings. The summed E-state index contributed by atoms with van der Waals surface area (Å²) < 4.78 is 16.2. The maximum absolute atomic E-state index is 12.6. The number of hydrogen-bond acceptors (Lipinski definition) is 9. The normalized spacial score (nSPS) is 10.7. The molecule has 0 aromatic carbocycles. The Morgan fingerprint density at radius 2 is 2.07 bits per heavy atom. The summed E-state index contributed by atoms with van der Waals surface area (Å²) in [5.74, 6) is -0.228. The van der Waals surface area contributed by atoms with Crippen LogP contribution in [0.4, 0.5) is 10.7 Å². The lowest BCUT2D eigenvalue weighted by molar-refractivity contribution is 0.0525. The summed E-state index contributed by atoms with van der Waals surface area (Å²) in [6.45, 7) is 3.72. The molecule has 3 heterocycles. The summed E-state index contributed by atoms with van der Waals surface area (Å²) in [4.78, 5) is 46.8. The minimum absolute atomic E-state index is 0.0588. The van der Waals surface area contributed by atoms with E-state index in [1.165, 1.54) is 31.2 Å². The zero-order valence-electron chi connectivity index (χ0n) is 16.8. The van der Waals surface area contributed by atoms with E-state index in [4.69, 9.17) is 9.47 Å². The number of amides is 1. The number of hydrogen-bond donors (Lipinski definition) is 2. The molecule has 0 saturated carbocycles. The van der Waals surface area contributed by atoms with Gasteiger partial charge in [-0.15, -0.1) is 0 Å². The zero-order valence-corrected chi connectivity index (χ0v) is 16.8. The van der Waals surface area contributed by atoms with E-state index in [2.05, 4.69) is 30.1 Å². The number of H-pyrrole nitrogens is 1. The lowest BCUT2D eigenvalue weighted by Crippen LogP contribution is -2.20. The molecule has 0 fully saturated rings. The van der Waals surface area contributed by atoms with Crippen molar-refractivity contribution < 1.29 is 23.8 Å². The number of carbonyl (C=O) groups is 2. The minimum Gasteiger partial charge on any atom is -0.495 e. The minimum atomic E-state index is -0.766. The van der Waals surface area contributed by atoms with Gasteiger partial charge in [-0.05, 0) is 19.9 Å². The van der Waals surface area contributed by atoms with Crippen LogP contribution in [0.15, 0.2) is 17.1 Å². The fraction of sp³-hybridized carbons (Fsp3) is 0.333. The number of aromatic amines is 1. The van der Waals surface area contributed by atoms with E-state index >= 15 is 0 Å². The van der Waals surface area contributed by atoms with E-state index in [0.717, 1.165) is 0 Å². The van der Waals surface area contributed by atoms with Crippen LogP contribution in [-0.4, -0.2) is 57.6 Å². The molecule has 0 atom stereocenters. The van der Waals surface area contributed by atoms with E-state index in [0.29, 0.717) is 22.7 Å². The quantitative estimate of drug-likeness (QED) is 0.565. The van der Waals surface area contributed by atoms with Gasteiger partial charge >= 0.3 is 12.1 Å². The molecule has 0 aliphatic carbocycles. The maximum Gasteiger partial charge on any atom is 0.413 e. The van der Waals surface area contributed by atoms with E-state index in [1.807, 2.05) is 0 Å². The molecule has 158 valence electrons. The monoisotopic (exact) mass is 416 g/mol. The summed E-state index contributed by atoms with van der Waals surface area (Å²) in [5.41, 5.74) is 1.18. The van der Waals surface area contributed by atoms with Crippen LogP contribution in [0.2, 0.25) is 0 Å². The van der Waals surface area contributed by atoms with Gasteiger partial charge in [0.05, 0.1) is 38.6 Å². The molecule has 0 saturated heterocycles. The molecule has 0 aliphatic heterocycles. The van der Waals surface area contributed by atoms with Gasteiger partial charge in [-0.25, -0.2) is 14.6 Å². The van der Waals surface area contributed by atoms with Crippen molar-refractivity contribution >= 4 is 29.0 Å². The summed E-state index contributed by atoms with van der Waals surface area (Å²) in [6, 6.07) is 1.51. The second-order valence-electron chi connectivity index (χ2n) is 6.06. The number of pyridine rings is 1. The third kappa shape index (κ3) is 4.06. The van der Waals surface area contributed by atoms with Gasteiger partial charge in [-0.1, -0.05) is 0 Å². The molecular weight excluding hydrogens is 396 g/mol. The van der Waals surface area contributed by atoms with Crippen LogP contribution >= 0.6 is 0 Å². The van der Waals surface area contributed by atoms with Crippen molar-refractivity contribution in [2.75, 3.05) is 26.1 Å². The smallest absolute Gasteiger partial charge is 0.413 e. The van der Waals surface area contributed by atoms with E-state index in [1.54, 1.807) is 13.8 Å². The highest BCUT2D eigenvalue weighted by Crippen LogP contribution is 2.21. The average molecular weight is 416 g/mol. The van der Waals surface area contributed by atoms with Gasteiger partial charge in [-0.2, -0.15) is 5.10 Å². The first kappa shape index (κ1) is 20.8. The van der Waals surface area contributed by atoms with Gasteiger partial charge in [0.2, 0.25) is 5.95 Å². The number of aromatic nitrogens is 5. The largest absolute Gasteiger partial charge is 0.495 e. The summed E-state index contributed by atoms with van der Waals surface area (Å²) >= 11 is 0. The topological polar surface area (TPSA) is 150 Å². The molecule has 12 nitrogen and oxygen atoms in total. The lowest BCUT2D eigenvalue weighted by Gasteiger charge is -2.10. The Morgan fingerprint density at radius 1 is 1.30 bits per heavy atom. The molecule has 1 amide bonds. The molecule has 30 heavy (non-hydrogen) atoms. The third-order valence-corrected chi connectivity index (χ3v) is 4.13. The Kier molecular flexibility index (Phi) is 5.95. The van der Waals surface area contributed by atoms with Crippen molar-refractivity contribution in [3.05, 3.63) is 39.6 Å². The number of carbonyl (C=O) groups excluding carboxylic acids is 2. The number of esters is 1. The van der Waals surface area contributed by atoms with Crippen molar-refractivity contribution in [2.45, 2.75) is 20.4 Å². The van der Waals surface area contributed by atoms with Crippen LogP contribution in [0.5, 0.6) is 5.75 Å². The van der Waals surface area contributed by atoms with Crippen molar-refractivity contribution in [3.63, 3.8) is 0 Å². The molecular formula is C18H20N6O6. The van der Waals surface area contributed by atoms with Gasteiger partial charge in [0, 0.05) is 6.20 Å². The Labute approximate surface area is 170 Å². The first-order valence-electron chi connectivity index (χ1n) is 8.90. The van der Waals surface area contributed by atoms with Gasteiger partial charge in [0.15, 0.2) is 5.52 Å². The number of methoxy groups -OCH3 is 2. The second kappa shape index (κ2) is 8.59. The van der Waals surface area contributed by atoms with Crippen LogP contribution in [-0.2, 0) is 16.0 Å². The molecule has 0 spiro atoms. The lowest BCUT2D eigenvalue weighted by atomic mass is 10.2. The predicted octanol–water partition coefficient (Wildman–Crippen LogP) is 1.23. The number of anilines is 1. The van der Waals surface area contributed by atoms with E-state index in [9.17, 15) is 14.4 Å². The van der Waals surface area contributed by atoms with E-state index in [-0.39, 0.29) is 30.2 Å². The van der Waals surface area contributed by atoms with Crippen LogP contribution < -0.4 is 15.6 Å². The number of nitrogens with zero attached hydrogens (tertiary/aromatic N) is 4. The van der Waals surface area contributed by atoms with Crippen molar-refractivity contribution in [2.24, 2.45) is 0 Å². The zero-order chi connectivity index (χ0) is 21.8. The number of rotatable bonds is 6. The van der Waals surface area contributed by atoms with Crippen molar-refractivity contribution in [1.29, 1.82) is 0 Å². The number of ether oxygens (including phenoxy) is 3. The number of fused-ring (bicyclic) bond motifs is 1. The summed E-state index contributed by atoms with van der Waals surface area (Å²) in [5, 5.41) is 6.67. The van der Waals surface area contributed by atoms with Gasteiger partial charge in [-0.3, -0.25) is 24.8 Å². The second-order valence-corrected chi connectivity index (χ2v) is 6.06. The standard InChI is InChI=1S/C18H20N6O6/c1-5-30-16(26)10-6-12(28-3)11(19-7-10)8-24-14-13(9(2)23-24)20-17(21-15(14)25)22-18(27)29-4/h6-7H,5,8H2,1-4H3,(H2,20,21,22,25,27). The SMILES string of the molecule is CCOC(=O)c1cnc(Cn2nc(C)c3nc(NC(=O)OC)[nH]c(=O)c32)c(OC)c1. The molecule has 0 aliphatic rings. The van der Waals surface area contributed by atoms with Crippen molar-refractivity contribution in [3.8, 4) is 5.75 Å². The molecule has 0 bridgehead atoms. The van der Waals surface area contributed by atoms with Crippen LogP contribution in [0.1, 0.15) is 28.7 Å². The third-order valence-electron chi connectivity index (χ3n) is 4.13. The Balaban J connectivity index is 1.99. The predicted molar refractivity (Wildman–Crippen MR) is 105 cm³/mol. The van der Waals surface area contributed by atoms with Gasteiger partial charge in [0.25, 0.3) is 5.56 Å². The Morgan fingerprint density at radius 3 is 2.73 bits per heavy atom. The van der Waals surface area contributed by atoms with Crippen LogP contribution in [0.3, 0.4) is 0 Å². The molecule has 3 rings (SSSR count). The van der Waals surface area contributed by atoms with Crippen LogP contribution in [0.25, 0.3) is 11.0 Å². The fourth-order valence-corrected chi connectivity index (χ4v) is 2.79. The first-order valence-corrected chi connectivity index (χ1v) is 8.90. The number of aryl methyl sites for hydroxylation is 1. The molecule has 0 unspecified atom stereocenters. The van der Waals surface area contributed by atoms with Gasteiger partial charge in [0.1, 0.15) is 17.0 Å². The fourth-order valence-electron chi connectivity index (χ4n) is 2.79. The van der Waals surface area contributed by atoms with Crippen LogP contribution in [0, 0.1) is 6.92 Å². The molecule has 2 N–H and O–H groups in total. The highest BCUT2D eigenvalue weighted by atomic mass is 16.5. The first-order chi connectivity index (χ1) is 14.4. The Bertz CT molecular complexity index is 1170.